The molecule has 7 nitrogen and oxygen atoms in total. The van der Waals surface area contributed by atoms with Gasteiger partial charge in [-0.05, 0) is 134 Å². The molecule has 0 N–H and O–H groups in total. The molecule has 3 saturated carbocycles. The maximum absolute atomic E-state index is 13.7. The Hall–Kier alpha value is -3.74. The second-order valence-corrected chi connectivity index (χ2v) is 19.2. The molecule has 4 aliphatic carbocycles. The van der Waals surface area contributed by atoms with Crippen molar-refractivity contribution in [2.75, 3.05) is 19.8 Å². The van der Waals surface area contributed by atoms with Gasteiger partial charge in [0.15, 0.2) is 18.1 Å². The summed E-state index contributed by atoms with van der Waals surface area (Å²) < 4.78 is 29.8. The smallest absolute Gasteiger partial charge is 0.344 e. The average molecular weight is 765 g/mol. The monoisotopic (exact) mass is 764 g/mol. The van der Waals surface area contributed by atoms with Crippen molar-refractivity contribution in [1.82, 2.24) is 0 Å². The number of aryl methyl sites for hydroxylation is 1. The molecular weight excluding hydrogens is 701 g/mol. The highest BCUT2D eigenvalue weighted by Gasteiger charge is 2.56. The standard InChI is InChI=1S/C49H64O7/c1-30(2)9-7-10-31(3)34-11-17-40-38-15-13-35-26-37(19-22-49(35,6)41(38)20-21-48(40,5)28-34)56-45(50)29-54-36-14-16-39-43(27-36)55-32(4)46(47(39)51)33-12-18-42-44(25-33)53-24-8-23-52-42/h12-14,16,18,25,27,30-31,34,37-38,40-41H,7-11,15,17,19-24,26,28-29H2,1-6H3/t31-,34+,37+,38-,40+,41+,48-,49+/m0/s1. The van der Waals surface area contributed by atoms with Gasteiger partial charge in [0.2, 0.25) is 5.43 Å². The number of carbonyl (C=O) groups is 1. The van der Waals surface area contributed by atoms with Crippen LogP contribution < -0.4 is 19.6 Å². The van der Waals surface area contributed by atoms with Crippen LogP contribution in [0.15, 0.2) is 57.3 Å². The van der Waals surface area contributed by atoms with E-state index in [9.17, 15) is 9.59 Å². The Labute approximate surface area is 333 Å². The molecule has 0 unspecified atom stereocenters. The first-order valence-corrected chi connectivity index (χ1v) is 21.9. The van der Waals surface area contributed by atoms with Crippen molar-refractivity contribution in [3.8, 4) is 28.4 Å². The lowest BCUT2D eigenvalue weighted by atomic mass is 9.44. The summed E-state index contributed by atoms with van der Waals surface area (Å²) in [5.41, 5.74) is 3.69. The third-order valence-electron chi connectivity index (χ3n) is 15.1. The Morgan fingerprint density at radius 3 is 2.57 bits per heavy atom. The van der Waals surface area contributed by atoms with Crippen LogP contribution in [-0.2, 0) is 9.53 Å². The molecule has 8 rings (SSSR count). The lowest BCUT2D eigenvalue weighted by molar-refractivity contribution is -0.154. The second-order valence-electron chi connectivity index (χ2n) is 19.2. The summed E-state index contributed by atoms with van der Waals surface area (Å²) in [6.07, 6.45) is 18.3. The van der Waals surface area contributed by atoms with E-state index in [-0.39, 0.29) is 29.5 Å². The summed E-state index contributed by atoms with van der Waals surface area (Å²) >= 11 is 0. The number of fused-ring (bicyclic) bond motifs is 7. The fourth-order valence-corrected chi connectivity index (χ4v) is 12.0. The molecule has 1 aromatic heterocycles. The molecule has 1 aliphatic heterocycles. The maximum atomic E-state index is 13.7. The SMILES string of the molecule is Cc1oc2cc(OCC(=O)O[C@@H]3CC[C@]4(C)C(=CC[C@H]5[C@H]6CC[C@@H]([C@@H](C)CCCC(C)C)C[C@]6(C)CC[C@H]54)C3)ccc2c(=O)c1-c1ccc2c(c1)OCCCO2. The Morgan fingerprint density at radius 2 is 1.75 bits per heavy atom. The summed E-state index contributed by atoms with van der Waals surface area (Å²) in [6, 6.07) is 10.6. The molecule has 0 bridgehead atoms. The van der Waals surface area contributed by atoms with Gasteiger partial charge in [0, 0.05) is 18.9 Å². The van der Waals surface area contributed by atoms with Crippen LogP contribution in [-0.4, -0.2) is 31.9 Å². The quantitative estimate of drug-likeness (QED) is 0.150. The van der Waals surface area contributed by atoms with Crippen LogP contribution in [0.3, 0.4) is 0 Å². The van der Waals surface area contributed by atoms with Gasteiger partial charge in [0.05, 0.1) is 24.2 Å². The fourth-order valence-electron chi connectivity index (χ4n) is 12.0. The number of carbonyl (C=O) groups excluding carboxylic acids is 1. The van der Waals surface area contributed by atoms with Gasteiger partial charge < -0.3 is 23.4 Å². The van der Waals surface area contributed by atoms with Crippen molar-refractivity contribution in [2.45, 2.75) is 131 Å². The van der Waals surface area contributed by atoms with Crippen molar-refractivity contribution in [3.63, 3.8) is 0 Å². The van der Waals surface area contributed by atoms with E-state index in [0.717, 1.165) is 61.2 Å². The molecule has 2 aromatic carbocycles. The minimum absolute atomic E-state index is 0.121. The Morgan fingerprint density at radius 1 is 0.929 bits per heavy atom. The molecule has 302 valence electrons. The molecule has 2 heterocycles. The first-order chi connectivity index (χ1) is 26.9. The molecule has 7 heteroatoms. The van der Waals surface area contributed by atoms with E-state index in [1.54, 1.807) is 25.1 Å². The van der Waals surface area contributed by atoms with Crippen molar-refractivity contribution in [1.29, 1.82) is 0 Å². The maximum Gasteiger partial charge on any atom is 0.344 e. The third-order valence-corrected chi connectivity index (χ3v) is 15.1. The molecular formula is C49H64O7. The van der Waals surface area contributed by atoms with Gasteiger partial charge in [-0.15, -0.1) is 0 Å². The van der Waals surface area contributed by atoms with Crippen LogP contribution in [0.4, 0.5) is 0 Å². The number of esters is 1. The number of allylic oxidation sites excluding steroid dienone is 1. The van der Waals surface area contributed by atoms with E-state index in [1.165, 1.54) is 63.4 Å². The van der Waals surface area contributed by atoms with Crippen LogP contribution in [0.2, 0.25) is 0 Å². The van der Waals surface area contributed by atoms with Gasteiger partial charge in [-0.25, -0.2) is 4.79 Å². The van der Waals surface area contributed by atoms with Crippen LogP contribution in [0.1, 0.15) is 124 Å². The summed E-state index contributed by atoms with van der Waals surface area (Å²) in [5.74, 6) is 6.79. The highest BCUT2D eigenvalue weighted by Crippen LogP contribution is 2.65. The predicted molar refractivity (Wildman–Crippen MR) is 221 cm³/mol. The number of hydrogen-bond acceptors (Lipinski definition) is 7. The van der Waals surface area contributed by atoms with Gasteiger partial charge in [-0.2, -0.15) is 0 Å². The van der Waals surface area contributed by atoms with E-state index in [0.29, 0.717) is 63.7 Å². The Kier molecular flexibility index (Phi) is 11.1. The minimum Gasteiger partial charge on any atom is -0.490 e. The normalized spacial score (nSPS) is 30.3. The number of benzene rings is 2. The van der Waals surface area contributed by atoms with Crippen LogP contribution in [0, 0.1) is 53.3 Å². The van der Waals surface area contributed by atoms with E-state index in [4.69, 9.17) is 23.4 Å². The highest BCUT2D eigenvalue weighted by molar-refractivity contribution is 5.84. The van der Waals surface area contributed by atoms with Crippen LogP contribution in [0.5, 0.6) is 17.2 Å². The van der Waals surface area contributed by atoms with E-state index in [2.05, 4.69) is 40.7 Å². The zero-order chi connectivity index (χ0) is 39.2. The molecule has 0 radical (unpaired) electrons. The lowest BCUT2D eigenvalue weighted by Gasteiger charge is -2.61. The van der Waals surface area contributed by atoms with Crippen LogP contribution >= 0.6 is 0 Å². The molecule has 3 fully saturated rings. The lowest BCUT2D eigenvalue weighted by Crippen LogP contribution is -2.52. The largest absolute Gasteiger partial charge is 0.490 e. The molecule has 0 amide bonds. The summed E-state index contributed by atoms with van der Waals surface area (Å²) in [6.45, 7) is 15.2. The van der Waals surface area contributed by atoms with Crippen molar-refractivity contribution in [3.05, 3.63) is 64.0 Å². The molecule has 0 spiro atoms. The zero-order valence-electron chi connectivity index (χ0n) is 34.8. The number of hydrogen-bond donors (Lipinski definition) is 0. The number of rotatable bonds is 10. The zero-order valence-corrected chi connectivity index (χ0v) is 34.8. The van der Waals surface area contributed by atoms with Gasteiger partial charge in [-0.1, -0.05) is 71.6 Å². The van der Waals surface area contributed by atoms with Gasteiger partial charge in [0.1, 0.15) is 23.2 Å². The van der Waals surface area contributed by atoms with E-state index < -0.39 is 0 Å². The first kappa shape index (κ1) is 39.1. The fraction of sp³-hybridized carbons (Fsp3) is 0.633. The second kappa shape index (κ2) is 15.9. The summed E-state index contributed by atoms with van der Waals surface area (Å²) in [5, 5.41) is 0.443. The topological polar surface area (TPSA) is 84.2 Å². The molecule has 0 saturated heterocycles. The molecule has 8 atom stereocenters. The Balaban J connectivity index is 0.867. The highest BCUT2D eigenvalue weighted by atomic mass is 16.6. The average Bonchev–Trinajstić information content (AvgIpc) is 3.41. The van der Waals surface area contributed by atoms with Crippen LogP contribution in [0.25, 0.3) is 22.1 Å². The molecule has 56 heavy (non-hydrogen) atoms. The number of ether oxygens (including phenoxy) is 4. The Bertz CT molecular complexity index is 2010. The van der Waals surface area contributed by atoms with Crippen molar-refractivity contribution >= 4 is 16.9 Å². The summed E-state index contributed by atoms with van der Waals surface area (Å²) in [7, 11) is 0. The van der Waals surface area contributed by atoms with E-state index >= 15 is 0 Å². The predicted octanol–water partition coefficient (Wildman–Crippen LogP) is 11.7. The minimum atomic E-state index is -0.362. The van der Waals surface area contributed by atoms with Gasteiger partial charge in [-0.3, -0.25) is 4.79 Å². The van der Waals surface area contributed by atoms with Gasteiger partial charge >= 0.3 is 5.97 Å². The third kappa shape index (κ3) is 7.65. The summed E-state index contributed by atoms with van der Waals surface area (Å²) in [4.78, 5) is 26.8. The van der Waals surface area contributed by atoms with Crippen molar-refractivity contribution < 1.29 is 28.2 Å². The first-order valence-electron chi connectivity index (χ1n) is 21.9. The van der Waals surface area contributed by atoms with E-state index in [1.807, 2.05) is 18.2 Å². The van der Waals surface area contributed by atoms with Crippen molar-refractivity contribution in [2.24, 2.45) is 46.3 Å². The molecule has 5 aliphatic rings. The van der Waals surface area contributed by atoms with Gasteiger partial charge in [0.25, 0.3) is 0 Å². The molecule has 3 aromatic rings.